The number of aromatic nitrogens is 4. The Morgan fingerprint density at radius 1 is 0.778 bits per heavy atom. The summed E-state index contributed by atoms with van der Waals surface area (Å²) in [7, 11) is 0. The molecule has 0 aliphatic heterocycles. The minimum atomic E-state index is -0.618. The third-order valence-electron chi connectivity index (χ3n) is 5.45. The first kappa shape index (κ1) is 22.7. The van der Waals surface area contributed by atoms with Crippen molar-refractivity contribution in [2.24, 2.45) is 0 Å². The number of benzene rings is 2. The Bertz CT molecular complexity index is 1630. The lowest BCUT2D eigenvalue weighted by molar-refractivity contribution is -0.116. The number of para-hydroxylation sites is 1. The minimum absolute atomic E-state index is 0.0322. The van der Waals surface area contributed by atoms with Crippen LogP contribution in [0.4, 0.5) is 5.69 Å². The highest BCUT2D eigenvalue weighted by Crippen LogP contribution is 2.22. The van der Waals surface area contributed by atoms with E-state index < -0.39 is 17.2 Å². The van der Waals surface area contributed by atoms with E-state index in [2.05, 4.69) is 15.3 Å². The van der Waals surface area contributed by atoms with Gasteiger partial charge in [-0.05, 0) is 60.7 Å². The van der Waals surface area contributed by atoms with Crippen molar-refractivity contribution in [2.45, 2.75) is 13.1 Å². The number of ether oxygens (including phenoxy) is 1. The van der Waals surface area contributed by atoms with E-state index in [0.29, 0.717) is 22.9 Å². The minimum Gasteiger partial charge on any atom is -0.457 e. The van der Waals surface area contributed by atoms with Gasteiger partial charge in [-0.25, -0.2) is 9.78 Å². The van der Waals surface area contributed by atoms with Gasteiger partial charge in [0, 0.05) is 18.1 Å². The van der Waals surface area contributed by atoms with E-state index in [4.69, 9.17) is 4.74 Å². The zero-order valence-electron chi connectivity index (χ0n) is 19.1. The van der Waals surface area contributed by atoms with Crippen LogP contribution in [0.5, 0.6) is 11.5 Å². The number of hydrogen-bond donors (Lipinski definition) is 1. The van der Waals surface area contributed by atoms with Crippen LogP contribution in [0, 0.1) is 0 Å². The van der Waals surface area contributed by atoms with Crippen molar-refractivity contribution in [1.29, 1.82) is 0 Å². The van der Waals surface area contributed by atoms with Gasteiger partial charge in [-0.15, -0.1) is 0 Å². The van der Waals surface area contributed by atoms with Crippen LogP contribution in [0.1, 0.15) is 5.69 Å². The topological polar surface area (TPSA) is 108 Å². The number of hydrogen-bond acceptors (Lipinski definition) is 6. The molecule has 0 aliphatic carbocycles. The van der Waals surface area contributed by atoms with Gasteiger partial charge in [0.05, 0.1) is 17.8 Å². The third kappa shape index (κ3) is 4.90. The molecule has 3 aromatic heterocycles. The van der Waals surface area contributed by atoms with Gasteiger partial charge in [-0.3, -0.25) is 23.7 Å². The molecule has 0 spiro atoms. The average Bonchev–Trinajstić information content (AvgIpc) is 2.91. The predicted octanol–water partition coefficient (Wildman–Crippen LogP) is 3.43. The second-order valence-electron chi connectivity index (χ2n) is 7.94. The SMILES string of the molecule is O=C(Cn1c(=O)n(Cc2ccccn2)c(=O)c2ncccc21)Nc1ccc(Oc2ccccc2)cc1. The van der Waals surface area contributed by atoms with Crippen molar-refractivity contribution in [3.05, 3.63) is 124 Å². The van der Waals surface area contributed by atoms with Crippen molar-refractivity contribution in [3.63, 3.8) is 0 Å². The Kier molecular flexibility index (Phi) is 6.35. The zero-order valence-corrected chi connectivity index (χ0v) is 19.1. The molecule has 1 N–H and O–H groups in total. The van der Waals surface area contributed by atoms with Gasteiger partial charge < -0.3 is 10.1 Å². The number of amides is 1. The lowest BCUT2D eigenvalue weighted by atomic mass is 10.3. The molecule has 0 atom stereocenters. The van der Waals surface area contributed by atoms with Crippen LogP contribution >= 0.6 is 0 Å². The Hall–Kier alpha value is -5.05. The molecule has 0 bridgehead atoms. The van der Waals surface area contributed by atoms with Gasteiger partial charge in [0.25, 0.3) is 5.56 Å². The van der Waals surface area contributed by atoms with E-state index in [0.717, 1.165) is 4.57 Å². The molecule has 0 fully saturated rings. The molecule has 5 rings (SSSR count). The van der Waals surface area contributed by atoms with Gasteiger partial charge >= 0.3 is 5.69 Å². The summed E-state index contributed by atoms with van der Waals surface area (Å²) in [5.74, 6) is 0.895. The van der Waals surface area contributed by atoms with E-state index >= 15 is 0 Å². The molecule has 9 nitrogen and oxygen atoms in total. The van der Waals surface area contributed by atoms with Crippen LogP contribution in [0.3, 0.4) is 0 Å². The van der Waals surface area contributed by atoms with Gasteiger partial charge in [0.1, 0.15) is 18.0 Å². The van der Waals surface area contributed by atoms with E-state index in [1.165, 1.54) is 10.8 Å². The van der Waals surface area contributed by atoms with Gasteiger partial charge in [0.2, 0.25) is 5.91 Å². The standard InChI is InChI=1S/C27H21N5O4/c33-24(30-19-11-13-22(14-12-19)36-21-8-2-1-3-9-21)18-31-23-10-6-16-29-25(23)26(34)32(27(31)35)17-20-7-4-5-15-28-20/h1-16H,17-18H2,(H,30,33). The molecule has 36 heavy (non-hydrogen) atoms. The van der Waals surface area contributed by atoms with Gasteiger partial charge in [-0.2, -0.15) is 0 Å². The fourth-order valence-corrected chi connectivity index (χ4v) is 3.76. The van der Waals surface area contributed by atoms with Crippen molar-refractivity contribution < 1.29 is 9.53 Å². The monoisotopic (exact) mass is 479 g/mol. The van der Waals surface area contributed by atoms with E-state index in [1.54, 1.807) is 60.8 Å². The molecule has 0 unspecified atom stereocenters. The largest absolute Gasteiger partial charge is 0.457 e. The maximum absolute atomic E-state index is 13.3. The number of fused-ring (bicyclic) bond motifs is 1. The molecule has 178 valence electrons. The second-order valence-corrected chi connectivity index (χ2v) is 7.94. The maximum atomic E-state index is 13.3. The van der Waals surface area contributed by atoms with Crippen LogP contribution in [0.2, 0.25) is 0 Å². The highest BCUT2D eigenvalue weighted by atomic mass is 16.5. The van der Waals surface area contributed by atoms with Crippen molar-refractivity contribution in [2.75, 3.05) is 5.32 Å². The summed E-state index contributed by atoms with van der Waals surface area (Å²) in [6, 6.07) is 24.7. The number of nitrogens with one attached hydrogen (secondary N) is 1. The molecule has 2 aromatic carbocycles. The number of anilines is 1. The summed E-state index contributed by atoms with van der Waals surface area (Å²) in [6.45, 7) is -0.332. The van der Waals surface area contributed by atoms with E-state index in [9.17, 15) is 14.4 Å². The van der Waals surface area contributed by atoms with Crippen molar-refractivity contribution >= 4 is 22.6 Å². The molecule has 3 heterocycles. The normalized spacial score (nSPS) is 10.8. The summed E-state index contributed by atoms with van der Waals surface area (Å²) < 4.78 is 8.06. The summed E-state index contributed by atoms with van der Waals surface area (Å²) in [5.41, 5.74) is 0.313. The molecule has 0 aliphatic rings. The van der Waals surface area contributed by atoms with Crippen molar-refractivity contribution in [1.82, 2.24) is 19.1 Å². The third-order valence-corrected chi connectivity index (χ3v) is 5.45. The van der Waals surface area contributed by atoms with Gasteiger partial charge in [-0.1, -0.05) is 24.3 Å². The Morgan fingerprint density at radius 3 is 2.25 bits per heavy atom. The first-order chi connectivity index (χ1) is 17.6. The lowest BCUT2D eigenvalue weighted by Gasteiger charge is -2.14. The Balaban J connectivity index is 1.39. The first-order valence-electron chi connectivity index (χ1n) is 11.2. The first-order valence-corrected chi connectivity index (χ1v) is 11.2. The average molecular weight is 479 g/mol. The maximum Gasteiger partial charge on any atom is 0.332 e. The number of rotatable bonds is 7. The smallest absolute Gasteiger partial charge is 0.332 e. The highest BCUT2D eigenvalue weighted by molar-refractivity contribution is 5.91. The quantitative estimate of drug-likeness (QED) is 0.383. The fraction of sp³-hybridized carbons (Fsp3) is 0.0741. The number of carbonyl (C=O) groups excluding carboxylic acids is 1. The molecule has 9 heteroatoms. The summed E-state index contributed by atoms with van der Waals surface area (Å²) in [6.07, 6.45) is 3.06. The zero-order chi connectivity index (χ0) is 24.9. The molecule has 0 saturated carbocycles. The fourth-order valence-electron chi connectivity index (χ4n) is 3.76. The van der Waals surface area contributed by atoms with E-state index in [1.807, 2.05) is 30.3 Å². The number of nitrogens with zero attached hydrogens (tertiary/aromatic N) is 4. The summed E-state index contributed by atoms with van der Waals surface area (Å²) >= 11 is 0. The molecular formula is C27H21N5O4. The second kappa shape index (κ2) is 10.1. The van der Waals surface area contributed by atoms with Crippen LogP contribution < -0.4 is 21.3 Å². The molecule has 1 amide bonds. The van der Waals surface area contributed by atoms with Crippen molar-refractivity contribution in [3.8, 4) is 11.5 Å². The van der Waals surface area contributed by atoms with Crippen LogP contribution in [-0.4, -0.2) is 25.0 Å². The summed E-state index contributed by atoms with van der Waals surface area (Å²) in [5, 5.41) is 2.78. The van der Waals surface area contributed by atoms with Crippen LogP contribution in [-0.2, 0) is 17.9 Å². The Labute approximate surface area is 205 Å². The lowest BCUT2D eigenvalue weighted by Crippen LogP contribution is -2.42. The predicted molar refractivity (Wildman–Crippen MR) is 135 cm³/mol. The number of carbonyl (C=O) groups is 1. The number of pyridine rings is 2. The van der Waals surface area contributed by atoms with Gasteiger partial charge in [0.15, 0.2) is 5.52 Å². The Morgan fingerprint density at radius 2 is 1.50 bits per heavy atom. The molecule has 0 saturated heterocycles. The molecule has 0 radical (unpaired) electrons. The van der Waals surface area contributed by atoms with Crippen LogP contribution in [0.25, 0.3) is 11.0 Å². The van der Waals surface area contributed by atoms with E-state index in [-0.39, 0.29) is 24.1 Å². The molecule has 5 aromatic rings. The highest BCUT2D eigenvalue weighted by Gasteiger charge is 2.17. The van der Waals surface area contributed by atoms with Crippen LogP contribution in [0.15, 0.2) is 107 Å². The summed E-state index contributed by atoms with van der Waals surface area (Å²) in [4.78, 5) is 47.5. The molecular weight excluding hydrogens is 458 g/mol.